The van der Waals surface area contributed by atoms with Gasteiger partial charge in [0.05, 0.1) is 6.04 Å². The van der Waals surface area contributed by atoms with Crippen LogP contribution < -0.4 is 5.73 Å². The van der Waals surface area contributed by atoms with Crippen molar-refractivity contribution in [1.82, 2.24) is 4.90 Å². The molecule has 1 fully saturated rings. The predicted octanol–water partition coefficient (Wildman–Crippen LogP) is 3.56. The Hall–Kier alpha value is -0.220. The van der Waals surface area contributed by atoms with Crippen LogP contribution in [0.2, 0.25) is 5.02 Å². The molecule has 2 rings (SSSR count). The van der Waals surface area contributed by atoms with Crippen molar-refractivity contribution in [2.75, 3.05) is 18.6 Å². The Bertz CT molecular complexity index is 407. The normalized spacial score (nSPS) is 22.7. The third-order valence-corrected chi connectivity index (χ3v) is 5.51. The van der Waals surface area contributed by atoms with Crippen molar-refractivity contribution in [2.45, 2.75) is 37.9 Å². The summed E-state index contributed by atoms with van der Waals surface area (Å²) in [6.45, 7) is 2.14. The highest BCUT2D eigenvalue weighted by Gasteiger charge is 2.31. The first-order chi connectivity index (χ1) is 9.15. The van der Waals surface area contributed by atoms with Crippen LogP contribution in [0.1, 0.15) is 31.4 Å². The van der Waals surface area contributed by atoms with E-state index in [4.69, 9.17) is 17.3 Å². The summed E-state index contributed by atoms with van der Waals surface area (Å²) in [5.41, 5.74) is 7.54. The molecule has 1 aliphatic heterocycles. The zero-order chi connectivity index (χ0) is 13.8. The van der Waals surface area contributed by atoms with Gasteiger partial charge >= 0.3 is 0 Å². The lowest BCUT2D eigenvalue weighted by Gasteiger charge is -2.37. The number of benzene rings is 1. The summed E-state index contributed by atoms with van der Waals surface area (Å²) in [7, 11) is 2.19. The molecular weight excluding hydrogens is 276 g/mol. The zero-order valence-electron chi connectivity index (χ0n) is 11.7. The van der Waals surface area contributed by atoms with Crippen molar-refractivity contribution in [3.8, 4) is 0 Å². The minimum atomic E-state index is 0.121. The number of nitrogens with two attached hydrogens (primary N) is 1. The fourth-order valence-corrected chi connectivity index (χ4v) is 4.29. The molecule has 0 aliphatic carbocycles. The van der Waals surface area contributed by atoms with E-state index >= 15 is 0 Å². The highest BCUT2D eigenvalue weighted by molar-refractivity contribution is 7.99. The van der Waals surface area contributed by atoms with Crippen LogP contribution in [0.3, 0.4) is 0 Å². The molecule has 0 spiro atoms. The van der Waals surface area contributed by atoms with Gasteiger partial charge in [0.2, 0.25) is 0 Å². The van der Waals surface area contributed by atoms with Gasteiger partial charge < -0.3 is 5.73 Å². The Balaban J connectivity index is 2.27. The number of likely N-dealkylation sites (N-methyl/N-ethyl adjacent to an activating group) is 1. The highest BCUT2D eigenvalue weighted by Crippen LogP contribution is 2.34. The van der Waals surface area contributed by atoms with E-state index in [2.05, 4.69) is 24.9 Å². The Labute approximate surface area is 125 Å². The van der Waals surface area contributed by atoms with Gasteiger partial charge in [-0.1, -0.05) is 36.7 Å². The lowest BCUT2D eigenvalue weighted by atomic mass is 9.95. The average Bonchev–Trinajstić information content (AvgIpc) is 2.94. The summed E-state index contributed by atoms with van der Waals surface area (Å²) in [5, 5.41) is 0.828. The third kappa shape index (κ3) is 3.46. The monoisotopic (exact) mass is 298 g/mol. The Kier molecular flexibility index (Phi) is 5.58. The molecule has 2 nitrogen and oxygen atoms in total. The standard InChI is InChI=1S/C15H23ClN2S/c1-3-14(17)15(12-6-4-5-7-13(12)16)18(2)11-8-9-19-10-11/h4-7,11,14-15H,3,8-10,17H2,1-2H3. The summed E-state index contributed by atoms with van der Waals surface area (Å²) in [4.78, 5) is 2.44. The molecule has 3 atom stereocenters. The van der Waals surface area contributed by atoms with E-state index in [1.54, 1.807) is 0 Å². The molecule has 0 radical (unpaired) electrons. The number of halogens is 1. The van der Waals surface area contributed by atoms with Crippen molar-refractivity contribution in [1.29, 1.82) is 0 Å². The molecule has 0 saturated carbocycles. The van der Waals surface area contributed by atoms with Crippen LogP contribution in [-0.4, -0.2) is 35.5 Å². The lowest BCUT2D eigenvalue weighted by Crippen LogP contribution is -2.44. The molecule has 3 unspecified atom stereocenters. The van der Waals surface area contributed by atoms with E-state index in [9.17, 15) is 0 Å². The Morgan fingerprint density at radius 3 is 2.79 bits per heavy atom. The smallest absolute Gasteiger partial charge is 0.0514 e. The second kappa shape index (κ2) is 6.98. The molecule has 0 bridgehead atoms. The number of nitrogens with zero attached hydrogens (tertiary/aromatic N) is 1. The average molecular weight is 299 g/mol. The van der Waals surface area contributed by atoms with Gasteiger partial charge in [-0.3, -0.25) is 4.90 Å². The molecular formula is C15H23ClN2S. The number of thioether (sulfide) groups is 1. The molecule has 4 heteroatoms. The Morgan fingerprint density at radius 2 is 2.21 bits per heavy atom. The summed E-state index contributed by atoms with van der Waals surface area (Å²) >= 11 is 8.41. The maximum atomic E-state index is 6.38. The molecule has 1 aliphatic rings. The summed E-state index contributed by atoms with van der Waals surface area (Å²) < 4.78 is 0. The molecule has 1 heterocycles. The van der Waals surface area contributed by atoms with E-state index in [1.807, 2.05) is 30.0 Å². The number of rotatable bonds is 5. The van der Waals surface area contributed by atoms with Gasteiger partial charge in [0.1, 0.15) is 0 Å². The summed E-state index contributed by atoms with van der Waals surface area (Å²) in [6, 6.07) is 9.05. The summed E-state index contributed by atoms with van der Waals surface area (Å²) in [5.74, 6) is 2.46. The van der Waals surface area contributed by atoms with Crippen LogP contribution in [0.4, 0.5) is 0 Å². The first kappa shape index (κ1) is 15.2. The molecule has 106 valence electrons. The van der Waals surface area contributed by atoms with E-state index < -0.39 is 0 Å². The largest absolute Gasteiger partial charge is 0.326 e. The van der Waals surface area contributed by atoms with Crippen molar-refractivity contribution < 1.29 is 0 Å². The van der Waals surface area contributed by atoms with Crippen LogP contribution in [0.15, 0.2) is 24.3 Å². The topological polar surface area (TPSA) is 29.3 Å². The first-order valence-corrected chi connectivity index (χ1v) is 8.48. The Morgan fingerprint density at radius 1 is 1.47 bits per heavy atom. The van der Waals surface area contributed by atoms with Gasteiger partial charge in [0.15, 0.2) is 0 Å². The SMILES string of the molecule is CCC(N)C(c1ccccc1Cl)N(C)C1CCSC1. The first-order valence-electron chi connectivity index (χ1n) is 6.94. The predicted molar refractivity (Wildman–Crippen MR) is 86.0 cm³/mol. The van der Waals surface area contributed by atoms with Crippen LogP contribution >= 0.6 is 23.4 Å². The van der Waals surface area contributed by atoms with Gasteiger partial charge in [-0.05, 0) is 37.3 Å². The van der Waals surface area contributed by atoms with Crippen LogP contribution in [0, 0.1) is 0 Å². The van der Waals surface area contributed by atoms with E-state index in [0.29, 0.717) is 6.04 Å². The molecule has 2 N–H and O–H groups in total. The second-order valence-electron chi connectivity index (χ2n) is 5.22. The minimum Gasteiger partial charge on any atom is -0.326 e. The minimum absolute atomic E-state index is 0.121. The molecule has 1 aromatic rings. The van der Waals surface area contributed by atoms with Crippen molar-refractivity contribution >= 4 is 23.4 Å². The van der Waals surface area contributed by atoms with Gasteiger partial charge in [-0.25, -0.2) is 0 Å². The second-order valence-corrected chi connectivity index (χ2v) is 6.78. The van der Waals surface area contributed by atoms with Crippen LogP contribution in [-0.2, 0) is 0 Å². The van der Waals surface area contributed by atoms with Gasteiger partial charge in [0, 0.05) is 22.9 Å². The van der Waals surface area contributed by atoms with E-state index in [-0.39, 0.29) is 12.1 Å². The molecule has 19 heavy (non-hydrogen) atoms. The fourth-order valence-electron chi connectivity index (χ4n) is 2.76. The van der Waals surface area contributed by atoms with Crippen LogP contribution in [0.25, 0.3) is 0 Å². The van der Waals surface area contributed by atoms with Crippen molar-refractivity contribution in [3.05, 3.63) is 34.9 Å². The maximum Gasteiger partial charge on any atom is 0.0514 e. The van der Waals surface area contributed by atoms with E-state index in [0.717, 1.165) is 17.0 Å². The van der Waals surface area contributed by atoms with Crippen molar-refractivity contribution in [2.24, 2.45) is 5.73 Å². The molecule has 0 aromatic heterocycles. The number of hydrogen-bond donors (Lipinski definition) is 1. The summed E-state index contributed by atoms with van der Waals surface area (Å²) in [6.07, 6.45) is 2.21. The van der Waals surface area contributed by atoms with Gasteiger partial charge in [-0.15, -0.1) is 0 Å². The molecule has 1 aromatic carbocycles. The number of hydrogen-bond acceptors (Lipinski definition) is 3. The molecule has 0 amide bonds. The van der Waals surface area contributed by atoms with E-state index in [1.165, 1.54) is 17.9 Å². The fraction of sp³-hybridized carbons (Fsp3) is 0.600. The third-order valence-electron chi connectivity index (χ3n) is 4.02. The van der Waals surface area contributed by atoms with Crippen molar-refractivity contribution in [3.63, 3.8) is 0 Å². The highest BCUT2D eigenvalue weighted by atomic mass is 35.5. The zero-order valence-corrected chi connectivity index (χ0v) is 13.3. The maximum absolute atomic E-state index is 6.38. The molecule has 1 saturated heterocycles. The quantitative estimate of drug-likeness (QED) is 0.901. The van der Waals surface area contributed by atoms with Crippen LogP contribution in [0.5, 0.6) is 0 Å². The van der Waals surface area contributed by atoms with Gasteiger partial charge in [-0.2, -0.15) is 11.8 Å². The van der Waals surface area contributed by atoms with Gasteiger partial charge in [0.25, 0.3) is 0 Å². The lowest BCUT2D eigenvalue weighted by molar-refractivity contribution is 0.161.